The van der Waals surface area contributed by atoms with E-state index in [2.05, 4.69) is 38.0 Å². The van der Waals surface area contributed by atoms with Crippen molar-refractivity contribution in [2.75, 3.05) is 20.3 Å². The minimum atomic E-state index is -3.71. The highest BCUT2D eigenvalue weighted by molar-refractivity contribution is 9.10. The van der Waals surface area contributed by atoms with Crippen LogP contribution in [-0.2, 0) is 19.6 Å². The number of esters is 1. The zero-order valence-electron chi connectivity index (χ0n) is 14.2. The molecule has 6 nitrogen and oxygen atoms in total. The summed E-state index contributed by atoms with van der Waals surface area (Å²) in [7, 11) is -2.51. The maximum atomic E-state index is 14.1. The van der Waals surface area contributed by atoms with Crippen LogP contribution in [0.3, 0.4) is 0 Å². The van der Waals surface area contributed by atoms with E-state index in [1.807, 2.05) is 0 Å². The Morgan fingerprint density at radius 3 is 2.52 bits per heavy atom. The van der Waals surface area contributed by atoms with E-state index < -0.39 is 33.7 Å². The molecule has 10 heteroatoms. The van der Waals surface area contributed by atoms with Gasteiger partial charge >= 0.3 is 5.97 Å². The van der Waals surface area contributed by atoms with Gasteiger partial charge in [0.05, 0.1) is 12.0 Å². The Morgan fingerprint density at radius 2 is 1.93 bits per heavy atom. The lowest BCUT2D eigenvalue weighted by Crippen LogP contribution is -2.27. The van der Waals surface area contributed by atoms with Gasteiger partial charge in [0.2, 0.25) is 10.0 Å². The molecule has 2 aromatic rings. The largest absolute Gasteiger partial charge is 0.479 e. The van der Waals surface area contributed by atoms with Gasteiger partial charge in [0.25, 0.3) is 0 Å². The van der Waals surface area contributed by atoms with Crippen LogP contribution in [0.4, 0.5) is 4.39 Å². The molecule has 0 aliphatic heterocycles. The van der Waals surface area contributed by atoms with E-state index in [0.717, 1.165) is 4.47 Å². The summed E-state index contributed by atoms with van der Waals surface area (Å²) < 4.78 is 51.3. The van der Waals surface area contributed by atoms with Crippen molar-refractivity contribution in [3.8, 4) is 5.75 Å². The Balaban J connectivity index is 2.01. The lowest BCUT2D eigenvalue weighted by molar-refractivity contribution is -0.142. The summed E-state index contributed by atoms with van der Waals surface area (Å²) in [5.74, 6) is -1.43. The van der Waals surface area contributed by atoms with Crippen LogP contribution in [0.15, 0.2) is 51.8 Å². The minimum absolute atomic E-state index is 0.0384. The van der Waals surface area contributed by atoms with Crippen molar-refractivity contribution in [2.45, 2.75) is 10.1 Å². The Bertz CT molecular complexity index is 906. The third-order valence-electron chi connectivity index (χ3n) is 3.50. The van der Waals surface area contributed by atoms with Gasteiger partial charge in [0.1, 0.15) is 0 Å². The first-order chi connectivity index (χ1) is 12.7. The summed E-state index contributed by atoms with van der Waals surface area (Å²) in [6.45, 7) is -0.451. The average molecular weight is 478 g/mol. The number of rotatable bonds is 8. The standard InChI is InChI=1S/C17H17BrFNO5S2/c1-24-17(21)10-25-15-7-2-11(8-14(15)19)16(26)9-20-27(22,23)13-5-3-12(18)4-6-13/h2-8,16,20,26H,9-10H2,1H3. The number of sulfonamides is 1. The Hall–Kier alpha value is -1.62. The number of halogens is 2. The summed E-state index contributed by atoms with van der Waals surface area (Å²) in [6.07, 6.45) is 0. The Labute approximate surface area is 170 Å². The molecule has 0 aliphatic carbocycles. The van der Waals surface area contributed by atoms with Gasteiger partial charge in [-0.2, -0.15) is 12.6 Å². The SMILES string of the molecule is COC(=O)COc1ccc(C(S)CNS(=O)(=O)c2ccc(Br)cc2)cc1F. The predicted molar refractivity (Wildman–Crippen MR) is 105 cm³/mol. The second-order valence-corrected chi connectivity index (χ2v) is 8.68. The summed E-state index contributed by atoms with van der Waals surface area (Å²) >= 11 is 7.57. The number of hydrogen-bond donors (Lipinski definition) is 2. The summed E-state index contributed by atoms with van der Waals surface area (Å²) in [6, 6.07) is 10.2. The molecule has 0 aliphatic rings. The summed E-state index contributed by atoms with van der Waals surface area (Å²) in [4.78, 5) is 11.2. The molecule has 1 atom stereocenters. The Morgan fingerprint density at radius 1 is 1.26 bits per heavy atom. The Kier molecular flexibility index (Phi) is 7.66. The number of methoxy groups -OCH3 is 1. The van der Waals surface area contributed by atoms with Crippen LogP contribution in [0.5, 0.6) is 5.75 Å². The highest BCUT2D eigenvalue weighted by Gasteiger charge is 2.17. The van der Waals surface area contributed by atoms with E-state index in [0.29, 0.717) is 5.56 Å². The van der Waals surface area contributed by atoms with E-state index >= 15 is 0 Å². The molecule has 0 saturated carbocycles. The molecule has 0 aromatic heterocycles. The number of carbonyl (C=O) groups is 1. The first-order valence-electron chi connectivity index (χ1n) is 7.65. The van der Waals surface area contributed by atoms with Crippen LogP contribution in [0.1, 0.15) is 10.8 Å². The van der Waals surface area contributed by atoms with Gasteiger partial charge < -0.3 is 9.47 Å². The third kappa shape index (κ3) is 6.20. The first kappa shape index (κ1) is 21.7. The number of benzene rings is 2. The van der Waals surface area contributed by atoms with Crippen LogP contribution >= 0.6 is 28.6 Å². The number of nitrogens with one attached hydrogen (secondary N) is 1. The molecular formula is C17H17BrFNO5S2. The van der Waals surface area contributed by atoms with Crippen molar-refractivity contribution in [3.63, 3.8) is 0 Å². The van der Waals surface area contributed by atoms with Crippen LogP contribution in [0.25, 0.3) is 0 Å². The molecule has 2 rings (SSSR count). The molecule has 0 bridgehead atoms. The van der Waals surface area contributed by atoms with Crippen molar-refractivity contribution in [3.05, 3.63) is 58.3 Å². The fourth-order valence-electron chi connectivity index (χ4n) is 2.04. The van der Waals surface area contributed by atoms with Gasteiger partial charge in [-0.3, -0.25) is 0 Å². The third-order valence-corrected chi connectivity index (χ3v) is 5.95. The second kappa shape index (κ2) is 9.54. The van der Waals surface area contributed by atoms with Gasteiger partial charge in [0, 0.05) is 16.3 Å². The number of carbonyl (C=O) groups excluding carboxylic acids is 1. The molecule has 146 valence electrons. The monoisotopic (exact) mass is 477 g/mol. The number of thiol groups is 1. The summed E-state index contributed by atoms with van der Waals surface area (Å²) in [5.41, 5.74) is 0.458. The average Bonchev–Trinajstić information content (AvgIpc) is 2.65. The van der Waals surface area contributed by atoms with Crippen LogP contribution < -0.4 is 9.46 Å². The summed E-state index contributed by atoms with van der Waals surface area (Å²) in [5, 5.41) is -0.584. The molecule has 1 N–H and O–H groups in total. The van der Waals surface area contributed by atoms with Crippen molar-refractivity contribution >= 4 is 44.6 Å². The van der Waals surface area contributed by atoms with Crippen molar-refractivity contribution in [1.82, 2.24) is 4.72 Å². The maximum Gasteiger partial charge on any atom is 0.343 e. The van der Waals surface area contributed by atoms with Crippen molar-refractivity contribution < 1.29 is 27.1 Å². The smallest absolute Gasteiger partial charge is 0.343 e. The van der Waals surface area contributed by atoms with Gasteiger partial charge in [-0.15, -0.1) is 0 Å². The molecule has 27 heavy (non-hydrogen) atoms. The van der Waals surface area contributed by atoms with Gasteiger partial charge in [-0.05, 0) is 42.0 Å². The first-order valence-corrected chi connectivity index (χ1v) is 10.4. The molecule has 0 radical (unpaired) electrons. The van der Waals surface area contributed by atoms with Gasteiger partial charge in [0.15, 0.2) is 18.2 Å². The fraction of sp³-hybridized carbons (Fsp3) is 0.235. The van der Waals surface area contributed by atoms with Crippen molar-refractivity contribution in [1.29, 1.82) is 0 Å². The fourth-order valence-corrected chi connectivity index (χ4v) is 3.73. The zero-order valence-corrected chi connectivity index (χ0v) is 17.5. The number of ether oxygens (including phenoxy) is 2. The lowest BCUT2D eigenvalue weighted by atomic mass is 10.1. The number of hydrogen-bond acceptors (Lipinski definition) is 6. The van der Waals surface area contributed by atoms with E-state index in [4.69, 9.17) is 4.74 Å². The molecule has 2 aromatic carbocycles. The highest BCUT2D eigenvalue weighted by atomic mass is 79.9. The molecular weight excluding hydrogens is 461 g/mol. The molecule has 0 heterocycles. The predicted octanol–water partition coefficient (Wildman–Crippen LogP) is 3.09. The van der Waals surface area contributed by atoms with Crippen molar-refractivity contribution in [2.24, 2.45) is 0 Å². The van der Waals surface area contributed by atoms with E-state index in [1.165, 1.54) is 31.4 Å². The molecule has 0 spiro atoms. The van der Waals surface area contributed by atoms with E-state index in [1.54, 1.807) is 18.2 Å². The molecule has 1 unspecified atom stereocenters. The van der Waals surface area contributed by atoms with Crippen LogP contribution in [-0.4, -0.2) is 34.6 Å². The van der Waals surface area contributed by atoms with Gasteiger partial charge in [-0.25, -0.2) is 22.3 Å². The molecule has 0 amide bonds. The van der Waals surface area contributed by atoms with Crippen LogP contribution in [0, 0.1) is 5.82 Å². The maximum absolute atomic E-state index is 14.1. The quantitative estimate of drug-likeness (QED) is 0.450. The molecule has 0 saturated heterocycles. The topological polar surface area (TPSA) is 81.7 Å². The second-order valence-electron chi connectivity index (χ2n) is 5.38. The molecule has 0 fully saturated rings. The zero-order chi connectivity index (χ0) is 20.0. The lowest BCUT2D eigenvalue weighted by Gasteiger charge is -2.14. The van der Waals surface area contributed by atoms with Gasteiger partial charge in [-0.1, -0.05) is 22.0 Å². The van der Waals surface area contributed by atoms with E-state index in [-0.39, 0.29) is 17.2 Å². The highest BCUT2D eigenvalue weighted by Crippen LogP contribution is 2.26. The van der Waals surface area contributed by atoms with Crippen LogP contribution in [0.2, 0.25) is 0 Å². The van der Waals surface area contributed by atoms with E-state index in [9.17, 15) is 17.6 Å². The normalized spacial score (nSPS) is 12.4. The minimum Gasteiger partial charge on any atom is -0.479 e.